The molecule has 3 nitrogen and oxygen atoms in total. The summed E-state index contributed by atoms with van der Waals surface area (Å²) in [6, 6.07) is 28.3. The number of aliphatic hydroxyl groups is 1. The van der Waals surface area contributed by atoms with E-state index in [1.165, 1.54) is 0 Å². The maximum absolute atomic E-state index is 9.84. The predicted molar refractivity (Wildman–Crippen MR) is 106 cm³/mol. The van der Waals surface area contributed by atoms with Crippen LogP contribution in [0.25, 0.3) is 11.1 Å². The molecule has 1 N–H and O–H groups in total. The van der Waals surface area contributed by atoms with Gasteiger partial charge in [0.15, 0.2) is 0 Å². The molecule has 0 aliphatic carbocycles. The molecule has 0 amide bonds. The molecular formula is C23H22N2O. The van der Waals surface area contributed by atoms with Gasteiger partial charge in [0.2, 0.25) is 0 Å². The number of hydrogen-bond donors (Lipinski definition) is 1. The first-order valence-electron chi connectivity index (χ1n) is 8.74. The fourth-order valence-electron chi connectivity index (χ4n) is 3.06. The van der Waals surface area contributed by atoms with Crippen molar-refractivity contribution in [2.75, 3.05) is 11.4 Å². The van der Waals surface area contributed by atoms with Gasteiger partial charge in [-0.15, -0.1) is 0 Å². The Kier molecular flexibility index (Phi) is 5.68. The molecule has 0 radical (unpaired) electrons. The van der Waals surface area contributed by atoms with Crippen LogP contribution in [0.1, 0.15) is 18.1 Å². The number of benzene rings is 3. The van der Waals surface area contributed by atoms with E-state index in [-0.39, 0.29) is 0 Å². The molecule has 3 aromatic rings. The van der Waals surface area contributed by atoms with Gasteiger partial charge in [0.05, 0.1) is 17.7 Å². The summed E-state index contributed by atoms with van der Waals surface area (Å²) in [6.07, 6.45) is -0.406. The summed E-state index contributed by atoms with van der Waals surface area (Å²) in [5.41, 5.74) is 4.92. The lowest BCUT2D eigenvalue weighted by Crippen LogP contribution is -2.30. The van der Waals surface area contributed by atoms with Crippen molar-refractivity contribution in [3.05, 3.63) is 90.0 Å². The van der Waals surface area contributed by atoms with Gasteiger partial charge in [-0.05, 0) is 41.8 Å². The normalized spacial score (nSPS) is 11.6. The maximum Gasteiger partial charge on any atom is 0.0998 e. The molecule has 130 valence electrons. The van der Waals surface area contributed by atoms with E-state index in [1.807, 2.05) is 42.5 Å². The van der Waals surface area contributed by atoms with Crippen molar-refractivity contribution in [3.8, 4) is 17.2 Å². The molecule has 0 bridgehead atoms. The molecule has 1 unspecified atom stereocenters. The molecule has 3 aromatic carbocycles. The summed E-state index contributed by atoms with van der Waals surface area (Å²) in [5, 5.41) is 19.1. The van der Waals surface area contributed by atoms with Gasteiger partial charge in [-0.25, -0.2) is 0 Å². The number of anilines is 1. The second-order valence-electron chi connectivity index (χ2n) is 6.42. The SMILES string of the molecule is CC(O)CN(Cc1ccc(-c2ccccc2C#N)cc1)c1ccccc1. The van der Waals surface area contributed by atoms with Gasteiger partial charge in [0.25, 0.3) is 0 Å². The number of nitriles is 1. The van der Waals surface area contributed by atoms with Gasteiger partial charge in [-0.1, -0.05) is 60.7 Å². The lowest BCUT2D eigenvalue weighted by Gasteiger charge is -2.26. The molecule has 0 saturated heterocycles. The van der Waals surface area contributed by atoms with Crippen molar-refractivity contribution in [1.82, 2.24) is 0 Å². The Bertz CT molecular complexity index is 880. The van der Waals surface area contributed by atoms with Crippen LogP contribution < -0.4 is 4.90 Å². The highest BCUT2D eigenvalue weighted by Gasteiger charge is 2.11. The smallest absolute Gasteiger partial charge is 0.0998 e. The van der Waals surface area contributed by atoms with Crippen LogP contribution >= 0.6 is 0 Å². The van der Waals surface area contributed by atoms with Gasteiger partial charge in [0, 0.05) is 18.8 Å². The Balaban J connectivity index is 1.82. The minimum atomic E-state index is -0.406. The fourth-order valence-corrected chi connectivity index (χ4v) is 3.06. The Morgan fingerprint density at radius 1 is 0.923 bits per heavy atom. The van der Waals surface area contributed by atoms with Gasteiger partial charge in [0.1, 0.15) is 0 Å². The van der Waals surface area contributed by atoms with E-state index in [9.17, 15) is 10.4 Å². The van der Waals surface area contributed by atoms with Crippen molar-refractivity contribution in [3.63, 3.8) is 0 Å². The van der Waals surface area contributed by atoms with Crippen LogP contribution in [0.4, 0.5) is 5.69 Å². The topological polar surface area (TPSA) is 47.3 Å². The zero-order valence-corrected chi connectivity index (χ0v) is 14.8. The highest BCUT2D eigenvalue weighted by atomic mass is 16.3. The molecule has 0 saturated carbocycles. The van der Waals surface area contributed by atoms with Crippen molar-refractivity contribution < 1.29 is 5.11 Å². The van der Waals surface area contributed by atoms with Crippen LogP contribution in [0.2, 0.25) is 0 Å². The zero-order valence-electron chi connectivity index (χ0n) is 14.8. The second kappa shape index (κ2) is 8.33. The first-order valence-corrected chi connectivity index (χ1v) is 8.74. The average molecular weight is 342 g/mol. The molecule has 3 rings (SSSR count). The molecule has 0 fully saturated rings. The van der Waals surface area contributed by atoms with E-state index in [0.29, 0.717) is 12.1 Å². The molecule has 3 heteroatoms. The lowest BCUT2D eigenvalue weighted by molar-refractivity contribution is 0.199. The summed E-state index contributed by atoms with van der Waals surface area (Å²) in [5.74, 6) is 0. The van der Waals surface area contributed by atoms with Crippen molar-refractivity contribution in [1.29, 1.82) is 5.26 Å². The average Bonchev–Trinajstić information content (AvgIpc) is 2.68. The Labute approximate surface area is 154 Å². The molecular weight excluding hydrogens is 320 g/mol. The first kappa shape index (κ1) is 17.7. The van der Waals surface area contributed by atoms with E-state index in [0.717, 1.165) is 28.9 Å². The molecule has 1 atom stereocenters. The Morgan fingerprint density at radius 3 is 2.23 bits per heavy atom. The summed E-state index contributed by atoms with van der Waals surface area (Å²) in [7, 11) is 0. The largest absolute Gasteiger partial charge is 0.392 e. The highest BCUT2D eigenvalue weighted by Crippen LogP contribution is 2.24. The van der Waals surface area contributed by atoms with E-state index in [2.05, 4.69) is 47.4 Å². The van der Waals surface area contributed by atoms with Gasteiger partial charge in [-0.2, -0.15) is 5.26 Å². The molecule has 0 aromatic heterocycles. The monoisotopic (exact) mass is 342 g/mol. The quantitative estimate of drug-likeness (QED) is 0.711. The van der Waals surface area contributed by atoms with Gasteiger partial charge in [-0.3, -0.25) is 0 Å². The van der Waals surface area contributed by atoms with Crippen LogP contribution in [-0.2, 0) is 6.54 Å². The van der Waals surface area contributed by atoms with E-state index in [4.69, 9.17) is 0 Å². The summed E-state index contributed by atoms with van der Waals surface area (Å²) in [6.45, 7) is 3.09. The third-order valence-corrected chi connectivity index (χ3v) is 4.29. The van der Waals surface area contributed by atoms with Crippen LogP contribution in [-0.4, -0.2) is 17.8 Å². The molecule has 26 heavy (non-hydrogen) atoms. The molecule has 0 heterocycles. The zero-order chi connectivity index (χ0) is 18.4. The number of aliphatic hydroxyl groups excluding tert-OH is 1. The van der Waals surface area contributed by atoms with Crippen molar-refractivity contribution in [2.45, 2.75) is 19.6 Å². The predicted octanol–water partition coefficient (Wildman–Crippen LogP) is 4.61. The van der Waals surface area contributed by atoms with E-state index in [1.54, 1.807) is 6.92 Å². The molecule has 0 aliphatic rings. The standard InChI is InChI=1S/C23H22N2O/c1-18(26)16-25(22-8-3-2-4-9-22)17-19-11-13-20(14-12-19)23-10-6-5-7-21(23)15-24/h2-14,18,26H,16-17H2,1H3. The number of hydrogen-bond acceptors (Lipinski definition) is 3. The van der Waals surface area contributed by atoms with Crippen LogP contribution in [0.3, 0.4) is 0 Å². The Morgan fingerprint density at radius 2 is 1.58 bits per heavy atom. The minimum absolute atomic E-state index is 0.406. The highest BCUT2D eigenvalue weighted by molar-refractivity contribution is 5.70. The van der Waals surface area contributed by atoms with Gasteiger partial charge < -0.3 is 10.0 Å². The van der Waals surface area contributed by atoms with Gasteiger partial charge >= 0.3 is 0 Å². The lowest BCUT2D eigenvalue weighted by atomic mass is 9.99. The summed E-state index contributed by atoms with van der Waals surface area (Å²) in [4.78, 5) is 2.17. The molecule has 0 spiro atoms. The minimum Gasteiger partial charge on any atom is -0.392 e. The number of para-hydroxylation sites is 1. The first-order chi connectivity index (χ1) is 12.7. The summed E-state index contributed by atoms with van der Waals surface area (Å²) < 4.78 is 0. The van der Waals surface area contributed by atoms with Crippen LogP contribution in [0.15, 0.2) is 78.9 Å². The fraction of sp³-hybridized carbons (Fsp3) is 0.174. The number of nitrogens with zero attached hydrogens (tertiary/aromatic N) is 2. The summed E-state index contributed by atoms with van der Waals surface area (Å²) >= 11 is 0. The maximum atomic E-state index is 9.84. The van der Waals surface area contributed by atoms with Crippen LogP contribution in [0, 0.1) is 11.3 Å². The Hall–Kier alpha value is -3.09. The van der Waals surface area contributed by atoms with Crippen molar-refractivity contribution in [2.24, 2.45) is 0 Å². The third-order valence-electron chi connectivity index (χ3n) is 4.29. The van der Waals surface area contributed by atoms with Crippen LogP contribution in [0.5, 0.6) is 0 Å². The van der Waals surface area contributed by atoms with E-state index >= 15 is 0 Å². The van der Waals surface area contributed by atoms with E-state index < -0.39 is 6.10 Å². The molecule has 0 aliphatic heterocycles. The number of rotatable bonds is 6. The van der Waals surface area contributed by atoms with Crippen molar-refractivity contribution >= 4 is 5.69 Å². The second-order valence-corrected chi connectivity index (χ2v) is 6.42. The third kappa shape index (κ3) is 4.30.